The van der Waals surface area contributed by atoms with E-state index in [1.165, 1.54) is 26.9 Å². The number of rotatable bonds is 5. The Hall–Kier alpha value is -7.30. The SMILES string of the molecule is c1ccc(-c2nc(-c3cc(-n4c5ccccc5c5ccccc54)cc(-n4c5ccccc5c5ccccc54)c3)cc(-c3cccc4ccccc34)n2)cc1. The second kappa shape index (κ2) is 12.1. The molecule has 252 valence electrons. The highest BCUT2D eigenvalue weighted by atomic mass is 15.0. The van der Waals surface area contributed by atoms with Gasteiger partial charge in [0, 0.05) is 49.6 Å². The van der Waals surface area contributed by atoms with Crippen LogP contribution < -0.4 is 0 Å². The van der Waals surface area contributed by atoms with Crippen LogP contribution in [0.25, 0.3) is 99.7 Å². The van der Waals surface area contributed by atoms with E-state index >= 15 is 0 Å². The molecule has 0 bridgehead atoms. The van der Waals surface area contributed by atoms with Crippen molar-refractivity contribution in [2.45, 2.75) is 0 Å². The monoisotopic (exact) mass is 688 g/mol. The fraction of sp³-hybridized carbons (Fsp3) is 0. The molecule has 3 heterocycles. The van der Waals surface area contributed by atoms with Crippen molar-refractivity contribution < 1.29 is 0 Å². The molecule has 0 aliphatic rings. The number of hydrogen-bond donors (Lipinski definition) is 0. The Morgan fingerprint density at radius 1 is 0.315 bits per heavy atom. The maximum Gasteiger partial charge on any atom is 0.160 e. The van der Waals surface area contributed by atoms with Gasteiger partial charge in [-0.05, 0) is 59.3 Å². The number of nitrogens with zero attached hydrogens (tertiary/aromatic N) is 4. The zero-order chi connectivity index (χ0) is 35.6. The minimum absolute atomic E-state index is 0.691. The van der Waals surface area contributed by atoms with Gasteiger partial charge >= 0.3 is 0 Å². The van der Waals surface area contributed by atoms with E-state index in [1.54, 1.807) is 0 Å². The van der Waals surface area contributed by atoms with Gasteiger partial charge in [0.25, 0.3) is 0 Å². The van der Waals surface area contributed by atoms with Crippen LogP contribution in [0.15, 0.2) is 194 Å². The van der Waals surface area contributed by atoms with Crippen molar-refractivity contribution >= 4 is 54.4 Å². The lowest BCUT2D eigenvalue weighted by Gasteiger charge is -2.16. The van der Waals surface area contributed by atoms with Gasteiger partial charge < -0.3 is 9.13 Å². The molecule has 54 heavy (non-hydrogen) atoms. The molecular weight excluding hydrogens is 657 g/mol. The molecule has 0 unspecified atom stereocenters. The number of para-hydroxylation sites is 4. The van der Waals surface area contributed by atoms with Crippen LogP contribution in [0.1, 0.15) is 0 Å². The second-order valence-corrected chi connectivity index (χ2v) is 13.8. The highest BCUT2D eigenvalue weighted by molar-refractivity contribution is 6.11. The fourth-order valence-corrected chi connectivity index (χ4v) is 8.30. The smallest absolute Gasteiger partial charge is 0.160 e. The minimum atomic E-state index is 0.691. The summed E-state index contributed by atoms with van der Waals surface area (Å²) >= 11 is 0. The van der Waals surface area contributed by atoms with Gasteiger partial charge in [-0.3, -0.25) is 0 Å². The first-order valence-electron chi connectivity index (χ1n) is 18.3. The maximum absolute atomic E-state index is 5.34. The molecule has 0 spiro atoms. The first-order chi connectivity index (χ1) is 26.8. The summed E-state index contributed by atoms with van der Waals surface area (Å²) in [5.74, 6) is 0.691. The summed E-state index contributed by atoms with van der Waals surface area (Å²) < 4.78 is 4.80. The van der Waals surface area contributed by atoms with Crippen molar-refractivity contribution in [3.8, 4) is 45.3 Å². The van der Waals surface area contributed by atoms with Crippen molar-refractivity contribution in [1.29, 1.82) is 0 Å². The molecule has 11 aromatic rings. The van der Waals surface area contributed by atoms with Crippen molar-refractivity contribution in [1.82, 2.24) is 19.1 Å². The van der Waals surface area contributed by atoms with Gasteiger partial charge in [-0.25, -0.2) is 9.97 Å². The first-order valence-corrected chi connectivity index (χ1v) is 18.3. The first kappa shape index (κ1) is 30.3. The van der Waals surface area contributed by atoms with E-state index in [9.17, 15) is 0 Å². The molecule has 4 heteroatoms. The largest absolute Gasteiger partial charge is 0.309 e. The molecule has 0 fully saturated rings. The number of benzene rings is 8. The predicted octanol–water partition coefficient (Wildman–Crippen LogP) is 12.8. The normalized spacial score (nSPS) is 11.7. The Morgan fingerprint density at radius 3 is 1.31 bits per heavy atom. The maximum atomic E-state index is 5.34. The average molecular weight is 689 g/mol. The molecule has 0 atom stereocenters. The summed E-state index contributed by atoms with van der Waals surface area (Å²) in [4.78, 5) is 10.6. The van der Waals surface area contributed by atoms with Crippen LogP contribution in [0.2, 0.25) is 0 Å². The predicted molar refractivity (Wildman–Crippen MR) is 225 cm³/mol. The Bertz CT molecular complexity index is 2980. The molecule has 8 aromatic carbocycles. The number of aromatic nitrogens is 4. The molecule has 11 rings (SSSR count). The van der Waals surface area contributed by atoms with E-state index in [0.717, 1.165) is 66.9 Å². The third-order valence-corrected chi connectivity index (χ3v) is 10.7. The van der Waals surface area contributed by atoms with Crippen LogP contribution >= 0.6 is 0 Å². The lowest BCUT2D eigenvalue weighted by Crippen LogP contribution is -2.01. The van der Waals surface area contributed by atoms with E-state index in [-0.39, 0.29) is 0 Å². The molecule has 4 nitrogen and oxygen atoms in total. The lowest BCUT2D eigenvalue weighted by molar-refractivity contribution is 1.13. The summed E-state index contributed by atoms with van der Waals surface area (Å²) in [5, 5.41) is 7.24. The summed E-state index contributed by atoms with van der Waals surface area (Å²) in [6.45, 7) is 0. The Kier molecular flexibility index (Phi) is 6.82. The molecule has 0 saturated carbocycles. The third-order valence-electron chi connectivity index (χ3n) is 10.7. The molecule has 0 amide bonds. The van der Waals surface area contributed by atoms with Gasteiger partial charge in [0.15, 0.2) is 5.82 Å². The van der Waals surface area contributed by atoms with E-state index in [2.05, 4.69) is 185 Å². The molecule has 0 aliphatic carbocycles. The van der Waals surface area contributed by atoms with Crippen LogP contribution in [-0.4, -0.2) is 19.1 Å². The van der Waals surface area contributed by atoms with Crippen LogP contribution in [0.3, 0.4) is 0 Å². The number of fused-ring (bicyclic) bond motifs is 7. The summed E-state index contributed by atoms with van der Waals surface area (Å²) in [6, 6.07) is 69.1. The van der Waals surface area contributed by atoms with Crippen molar-refractivity contribution in [3.63, 3.8) is 0 Å². The molecule has 0 N–H and O–H groups in total. The molecule has 0 radical (unpaired) electrons. The molecule has 3 aromatic heterocycles. The van der Waals surface area contributed by atoms with Crippen LogP contribution in [-0.2, 0) is 0 Å². The second-order valence-electron chi connectivity index (χ2n) is 13.8. The Balaban J connectivity index is 1.25. The Morgan fingerprint density at radius 2 is 0.759 bits per heavy atom. The topological polar surface area (TPSA) is 35.6 Å². The average Bonchev–Trinajstić information content (AvgIpc) is 3.77. The van der Waals surface area contributed by atoms with Gasteiger partial charge in [0.05, 0.1) is 33.5 Å². The third kappa shape index (κ3) is 4.78. The van der Waals surface area contributed by atoms with Gasteiger partial charge in [0.1, 0.15) is 0 Å². The van der Waals surface area contributed by atoms with Crippen LogP contribution in [0, 0.1) is 0 Å². The van der Waals surface area contributed by atoms with Crippen LogP contribution in [0.5, 0.6) is 0 Å². The van der Waals surface area contributed by atoms with Crippen molar-refractivity contribution in [2.75, 3.05) is 0 Å². The van der Waals surface area contributed by atoms with Crippen LogP contribution in [0.4, 0.5) is 0 Å². The van der Waals surface area contributed by atoms with E-state index in [4.69, 9.17) is 9.97 Å². The summed E-state index contributed by atoms with van der Waals surface area (Å²) in [6.07, 6.45) is 0. The molecule has 0 saturated heterocycles. The fourth-order valence-electron chi connectivity index (χ4n) is 8.30. The van der Waals surface area contributed by atoms with E-state index < -0.39 is 0 Å². The molecule has 0 aliphatic heterocycles. The quantitative estimate of drug-likeness (QED) is 0.180. The van der Waals surface area contributed by atoms with Crippen molar-refractivity contribution in [3.05, 3.63) is 194 Å². The molecular formula is C50H32N4. The van der Waals surface area contributed by atoms with Gasteiger partial charge in [-0.1, -0.05) is 146 Å². The Labute approximate surface area is 311 Å². The van der Waals surface area contributed by atoms with Gasteiger partial charge in [-0.2, -0.15) is 0 Å². The van der Waals surface area contributed by atoms with E-state index in [1.807, 2.05) is 18.2 Å². The van der Waals surface area contributed by atoms with Crippen molar-refractivity contribution in [2.24, 2.45) is 0 Å². The number of hydrogen-bond acceptors (Lipinski definition) is 2. The van der Waals surface area contributed by atoms with Gasteiger partial charge in [-0.15, -0.1) is 0 Å². The lowest BCUT2D eigenvalue weighted by atomic mass is 10.00. The minimum Gasteiger partial charge on any atom is -0.309 e. The van der Waals surface area contributed by atoms with Gasteiger partial charge in [0.2, 0.25) is 0 Å². The highest BCUT2D eigenvalue weighted by Crippen LogP contribution is 2.39. The highest BCUT2D eigenvalue weighted by Gasteiger charge is 2.19. The zero-order valence-electron chi connectivity index (χ0n) is 29.3. The standard InChI is InChI=1S/C50H32N4/c1-2-16-34(17-3-1)50-51-44(32-45(52-50)39-24-14-18-33-15-4-5-19-38(33)39)35-29-36(53-46-25-10-6-20-40(46)41-21-7-11-26-47(41)53)31-37(30-35)54-48-27-12-8-22-42(48)43-23-9-13-28-49(43)54/h1-32H. The summed E-state index contributed by atoms with van der Waals surface area (Å²) in [5.41, 5.74) is 11.6. The zero-order valence-corrected chi connectivity index (χ0v) is 29.3. The summed E-state index contributed by atoms with van der Waals surface area (Å²) in [7, 11) is 0. The van der Waals surface area contributed by atoms with E-state index in [0.29, 0.717) is 5.82 Å².